The Morgan fingerprint density at radius 1 is 1.67 bits per heavy atom. The number of carbonyl (C=O) groups is 1. The number of carboxylic acids is 1. The maximum absolute atomic E-state index is 11.0. The molecule has 0 amide bonds. The first-order valence-electron chi connectivity index (χ1n) is 4.47. The minimum Gasteiger partial charge on any atom is -0.480 e. The Balaban J connectivity index is 2.89. The van der Waals surface area contributed by atoms with E-state index in [4.69, 9.17) is 16.7 Å². The van der Waals surface area contributed by atoms with Gasteiger partial charge < -0.3 is 10.4 Å². The Morgan fingerprint density at radius 2 is 2.33 bits per heavy atom. The van der Waals surface area contributed by atoms with Crippen LogP contribution in [0.4, 0.5) is 5.82 Å². The molecule has 0 saturated heterocycles. The average Bonchev–Trinajstić information content (AvgIpc) is 2.17. The SMILES string of the molecule is CCC(C)(Nc1cncc(Cl)n1)C(=O)O. The van der Waals surface area contributed by atoms with Crippen LogP contribution >= 0.6 is 11.6 Å². The predicted molar refractivity (Wildman–Crippen MR) is 57.0 cm³/mol. The topological polar surface area (TPSA) is 75.1 Å². The molecule has 1 heterocycles. The molecule has 1 atom stereocenters. The molecule has 0 fully saturated rings. The monoisotopic (exact) mass is 229 g/mol. The van der Waals surface area contributed by atoms with Gasteiger partial charge in [0.1, 0.15) is 16.5 Å². The predicted octanol–water partition coefficient (Wildman–Crippen LogP) is 1.80. The van der Waals surface area contributed by atoms with Crippen LogP contribution in [-0.4, -0.2) is 26.6 Å². The Labute approximate surface area is 92.5 Å². The molecule has 0 aliphatic heterocycles. The van der Waals surface area contributed by atoms with Crippen molar-refractivity contribution < 1.29 is 9.90 Å². The van der Waals surface area contributed by atoms with E-state index in [1.807, 2.05) is 0 Å². The molecule has 1 unspecified atom stereocenters. The zero-order valence-corrected chi connectivity index (χ0v) is 9.25. The molecule has 0 saturated carbocycles. The molecule has 0 aliphatic rings. The molecule has 0 radical (unpaired) electrons. The molecule has 6 heteroatoms. The number of hydrogen-bond acceptors (Lipinski definition) is 4. The van der Waals surface area contributed by atoms with Gasteiger partial charge in [0.2, 0.25) is 0 Å². The van der Waals surface area contributed by atoms with Crippen molar-refractivity contribution in [3.05, 3.63) is 17.5 Å². The van der Waals surface area contributed by atoms with Crippen LogP contribution in [0.1, 0.15) is 20.3 Å². The van der Waals surface area contributed by atoms with Gasteiger partial charge in [-0.25, -0.2) is 9.78 Å². The zero-order chi connectivity index (χ0) is 11.5. The van der Waals surface area contributed by atoms with Gasteiger partial charge in [0.25, 0.3) is 0 Å². The first-order valence-corrected chi connectivity index (χ1v) is 4.85. The van der Waals surface area contributed by atoms with Gasteiger partial charge in [0, 0.05) is 0 Å². The van der Waals surface area contributed by atoms with Crippen LogP contribution in [0.25, 0.3) is 0 Å². The maximum atomic E-state index is 11.0. The summed E-state index contributed by atoms with van der Waals surface area (Å²) in [7, 11) is 0. The van der Waals surface area contributed by atoms with Gasteiger partial charge in [-0.3, -0.25) is 4.98 Å². The summed E-state index contributed by atoms with van der Waals surface area (Å²) in [5.74, 6) is -0.582. The van der Waals surface area contributed by atoms with Crippen LogP contribution in [0, 0.1) is 0 Å². The Bertz CT molecular complexity index is 372. The van der Waals surface area contributed by atoms with Crippen molar-refractivity contribution in [1.82, 2.24) is 9.97 Å². The fourth-order valence-corrected chi connectivity index (χ4v) is 1.13. The summed E-state index contributed by atoms with van der Waals surface area (Å²) < 4.78 is 0. The first kappa shape index (κ1) is 11.7. The number of nitrogens with one attached hydrogen (secondary N) is 1. The second kappa shape index (κ2) is 4.44. The highest BCUT2D eigenvalue weighted by molar-refractivity contribution is 6.29. The molecule has 0 spiro atoms. The molecule has 82 valence electrons. The van der Waals surface area contributed by atoms with Gasteiger partial charge in [-0.05, 0) is 13.3 Å². The molecule has 1 aromatic rings. The molecular formula is C9H12ClN3O2. The zero-order valence-electron chi connectivity index (χ0n) is 8.49. The lowest BCUT2D eigenvalue weighted by atomic mass is 9.99. The number of hydrogen-bond donors (Lipinski definition) is 2. The second-order valence-electron chi connectivity index (χ2n) is 3.34. The van der Waals surface area contributed by atoms with E-state index in [1.54, 1.807) is 13.8 Å². The van der Waals surface area contributed by atoms with E-state index in [0.717, 1.165) is 0 Å². The van der Waals surface area contributed by atoms with Crippen LogP contribution in [0.2, 0.25) is 5.15 Å². The van der Waals surface area contributed by atoms with Crippen molar-refractivity contribution >= 4 is 23.4 Å². The number of anilines is 1. The molecule has 15 heavy (non-hydrogen) atoms. The van der Waals surface area contributed by atoms with E-state index in [1.165, 1.54) is 12.4 Å². The lowest BCUT2D eigenvalue weighted by Crippen LogP contribution is -2.42. The highest BCUT2D eigenvalue weighted by atomic mass is 35.5. The van der Waals surface area contributed by atoms with E-state index in [2.05, 4.69) is 15.3 Å². The van der Waals surface area contributed by atoms with Crippen molar-refractivity contribution in [1.29, 1.82) is 0 Å². The number of nitrogens with zero attached hydrogens (tertiary/aromatic N) is 2. The van der Waals surface area contributed by atoms with Gasteiger partial charge in [0.05, 0.1) is 12.4 Å². The van der Waals surface area contributed by atoms with E-state index >= 15 is 0 Å². The number of rotatable bonds is 4. The maximum Gasteiger partial charge on any atom is 0.329 e. The third-order valence-corrected chi connectivity index (χ3v) is 2.37. The standard InChI is InChI=1S/C9H12ClN3O2/c1-3-9(2,8(14)15)13-7-5-11-4-6(10)12-7/h4-5H,3H2,1-2H3,(H,12,13)(H,14,15). The average molecular weight is 230 g/mol. The summed E-state index contributed by atoms with van der Waals surface area (Å²) in [5, 5.41) is 12.0. The van der Waals surface area contributed by atoms with Gasteiger partial charge in [-0.2, -0.15) is 0 Å². The third-order valence-electron chi connectivity index (χ3n) is 2.19. The van der Waals surface area contributed by atoms with E-state index in [9.17, 15) is 4.79 Å². The number of halogens is 1. The molecular weight excluding hydrogens is 218 g/mol. The number of carboxylic acid groups (broad SMARTS) is 1. The fraction of sp³-hybridized carbons (Fsp3) is 0.444. The lowest BCUT2D eigenvalue weighted by Gasteiger charge is -2.24. The molecule has 2 N–H and O–H groups in total. The Hall–Kier alpha value is -1.36. The van der Waals surface area contributed by atoms with Crippen LogP contribution in [0.3, 0.4) is 0 Å². The van der Waals surface area contributed by atoms with Crippen LogP contribution < -0.4 is 5.32 Å². The largest absolute Gasteiger partial charge is 0.480 e. The smallest absolute Gasteiger partial charge is 0.329 e. The highest BCUT2D eigenvalue weighted by Gasteiger charge is 2.31. The summed E-state index contributed by atoms with van der Waals surface area (Å²) in [6.07, 6.45) is 3.25. The Kier molecular flexibility index (Phi) is 3.47. The van der Waals surface area contributed by atoms with Crippen molar-refractivity contribution in [2.24, 2.45) is 0 Å². The minimum absolute atomic E-state index is 0.226. The second-order valence-corrected chi connectivity index (χ2v) is 3.73. The van der Waals surface area contributed by atoms with Crippen molar-refractivity contribution in [3.63, 3.8) is 0 Å². The highest BCUT2D eigenvalue weighted by Crippen LogP contribution is 2.17. The quantitative estimate of drug-likeness (QED) is 0.824. The molecule has 0 aliphatic carbocycles. The van der Waals surface area contributed by atoms with Gasteiger partial charge >= 0.3 is 5.97 Å². The van der Waals surface area contributed by atoms with Crippen molar-refractivity contribution in [2.75, 3.05) is 5.32 Å². The summed E-state index contributed by atoms with van der Waals surface area (Å²) in [4.78, 5) is 18.7. The van der Waals surface area contributed by atoms with Crippen molar-refractivity contribution in [2.45, 2.75) is 25.8 Å². The van der Waals surface area contributed by atoms with Gasteiger partial charge in [-0.1, -0.05) is 18.5 Å². The third kappa shape index (κ3) is 2.79. The molecule has 1 rings (SSSR count). The van der Waals surface area contributed by atoms with Crippen LogP contribution in [-0.2, 0) is 4.79 Å². The molecule has 1 aromatic heterocycles. The van der Waals surface area contributed by atoms with E-state index < -0.39 is 11.5 Å². The van der Waals surface area contributed by atoms with E-state index in [0.29, 0.717) is 12.2 Å². The van der Waals surface area contributed by atoms with Crippen molar-refractivity contribution in [3.8, 4) is 0 Å². The lowest BCUT2D eigenvalue weighted by molar-refractivity contribution is -0.141. The summed E-state index contributed by atoms with van der Waals surface area (Å²) in [6, 6.07) is 0. The summed E-state index contributed by atoms with van der Waals surface area (Å²) in [6.45, 7) is 3.36. The summed E-state index contributed by atoms with van der Waals surface area (Å²) >= 11 is 5.64. The fourth-order valence-electron chi connectivity index (χ4n) is 0.978. The number of aromatic nitrogens is 2. The van der Waals surface area contributed by atoms with Crippen LogP contribution in [0.15, 0.2) is 12.4 Å². The number of aliphatic carboxylic acids is 1. The molecule has 0 aromatic carbocycles. The van der Waals surface area contributed by atoms with E-state index in [-0.39, 0.29) is 5.15 Å². The molecule has 5 nitrogen and oxygen atoms in total. The van der Waals surface area contributed by atoms with Crippen LogP contribution in [0.5, 0.6) is 0 Å². The first-order chi connectivity index (χ1) is 6.98. The van der Waals surface area contributed by atoms with Gasteiger partial charge in [-0.15, -0.1) is 0 Å². The normalized spacial score (nSPS) is 14.3. The molecule has 0 bridgehead atoms. The van der Waals surface area contributed by atoms with Gasteiger partial charge in [0.15, 0.2) is 0 Å². The minimum atomic E-state index is -1.06. The summed E-state index contributed by atoms with van der Waals surface area (Å²) in [5.41, 5.74) is -1.06. The Morgan fingerprint density at radius 3 is 2.80 bits per heavy atom.